The van der Waals surface area contributed by atoms with Gasteiger partial charge in [-0.2, -0.15) is 5.10 Å². The van der Waals surface area contributed by atoms with E-state index in [2.05, 4.69) is 65.0 Å². The van der Waals surface area contributed by atoms with Crippen molar-refractivity contribution in [2.45, 2.75) is 45.4 Å². The fraction of sp³-hybridized carbons (Fsp3) is 0.524. The SMILES string of the molecule is CN=C(NCCCc1ccc(C(C)C)cc1)NCCCc1cnn(C)c1.I. The number of nitrogens with one attached hydrogen (secondary N) is 2. The van der Waals surface area contributed by atoms with E-state index in [9.17, 15) is 0 Å². The van der Waals surface area contributed by atoms with E-state index in [4.69, 9.17) is 0 Å². The van der Waals surface area contributed by atoms with Crippen molar-refractivity contribution in [1.82, 2.24) is 20.4 Å². The van der Waals surface area contributed by atoms with Crippen LogP contribution < -0.4 is 10.6 Å². The van der Waals surface area contributed by atoms with Gasteiger partial charge in [-0.25, -0.2) is 0 Å². The fourth-order valence-corrected chi connectivity index (χ4v) is 2.89. The summed E-state index contributed by atoms with van der Waals surface area (Å²) in [7, 11) is 3.77. The molecule has 0 aliphatic carbocycles. The number of hydrogen-bond donors (Lipinski definition) is 2. The number of benzene rings is 1. The van der Waals surface area contributed by atoms with Gasteiger partial charge in [0.2, 0.25) is 0 Å². The van der Waals surface area contributed by atoms with Crippen LogP contribution >= 0.6 is 24.0 Å². The average Bonchev–Trinajstić information content (AvgIpc) is 3.06. The van der Waals surface area contributed by atoms with Crippen LogP contribution in [-0.2, 0) is 19.9 Å². The third-order valence-corrected chi connectivity index (χ3v) is 4.50. The van der Waals surface area contributed by atoms with Crippen molar-refractivity contribution in [3.63, 3.8) is 0 Å². The second-order valence-corrected chi connectivity index (χ2v) is 7.05. The Kier molecular flexibility index (Phi) is 11.1. The second-order valence-electron chi connectivity index (χ2n) is 7.05. The van der Waals surface area contributed by atoms with Gasteiger partial charge in [0.15, 0.2) is 5.96 Å². The predicted octanol–water partition coefficient (Wildman–Crippen LogP) is 3.89. The molecule has 27 heavy (non-hydrogen) atoms. The molecular weight excluding hydrogens is 449 g/mol. The minimum absolute atomic E-state index is 0. The van der Waals surface area contributed by atoms with Gasteiger partial charge in [-0.15, -0.1) is 24.0 Å². The molecule has 1 aromatic heterocycles. The molecule has 0 radical (unpaired) electrons. The molecule has 6 heteroatoms. The molecule has 0 atom stereocenters. The standard InChI is InChI=1S/C21H33N5.HI/c1-17(2)20-11-9-18(10-12-20)7-5-13-23-21(22-3)24-14-6-8-19-15-25-26(4)16-19;/h9-12,15-17H,5-8,13-14H2,1-4H3,(H2,22,23,24);1H. The Morgan fingerprint density at radius 1 is 1.04 bits per heavy atom. The van der Waals surface area contributed by atoms with E-state index in [0.29, 0.717) is 5.92 Å². The molecule has 5 nitrogen and oxygen atoms in total. The van der Waals surface area contributed by atoms with Gasteiger partial charge in [-0.1, -0.05) is 38.1 Å². The fourth-order valence-electron chi connectivity index (χ4n) is 2.89. The van der Waals surface area contributed by atoms with E-state index < -0.39 is 0 Å². The summed E-state index contributed by atoms with van der Waals surface area (Å²) in [4.78, 5) is 4.29. The van der Waals surface area contributed by atoms with Crippen LogP contribution in [0.2, 0.25) is 0 Å². The maximum atomic E-state index is 4.29. The molecule has 0 bridgehead atoms. The molecule has 0 spiro atoms. The molecule has 0 amide bonds. The van der Waals surface area contributed by atoms with Gasteiger partial charge in [0.05, 0.1) is 6.20 Å². The monoisotopic (exact) mass is 483 g/mol. The number of rotatable bonds is 9. The van der Waals surface area contributed by atoms with E-state index in [1.165, 1.54) is 16.7 Å². The highest BCUT2D eigenvalue weighted by molar-refractivity contribution is 14.0. The number of nitrogens with zero attached hydrogens (tertiary/aromatic N) is 3. The molecule has 0 unspecified atom stereocenters. The highest BCUT2D eigenvalue weighted by Gasteiger charge is 2.01. The highest BCUT2D eigenvalue weighted by atomic mass is 127. The van der Waals surface area contributed by atoms with Crippen molar-refractivity contribution in [3.05, 3.63) is 53.3 Å². The zero-order valence-corrected chi connectivity index (χ0v) is 19.4. The molecule has 0 aliphatic rings. The van der Waals surface area contributed by atoms with E-state index in [1.807, 2.05) is 25.0 Å². The predicted molar refractivity (Wildman–Crippen MR) is 125 cm³/mol. The van der Waals surface area contributed by atoms with Crippen molar-refractivity contribution < 1.29 is 0 Å². The lowest BCUT2D eigenvalue weighted by molar-refractivity contribution is 0.717. The Balaban J connectivity index is 0.00000364. The van der Waals surface area contributed by atoms with Crippen molar-refractivity contribution in [3.8, 4) is 0 Å². The molecule has 1 heterocycles. The lowest BCUT2D eigenvalue weighted by Gasteiger charge is -2.12. The normalized spacial score (nSPS) is 11.4. The number of aromatic nitrogens is 2. The molecular formula is C21H34IN5. The summed E-state index contributed by atoms with van der Waals surface area (Å²) in [5.74, 6) is 1.48. The van der Waals surface area contributed by atoms with Crippen LogP contribution in [-0.4, -0.2) is 35.9 Å². The zero-order chi connectivity index (χ0) is 18.8. The Morgan fingerprint density at radius 2 is 1.63 bits per heavy atom. The Hall–Kier alpha value is -1.57. The zero-order valence-electron chi connectivity index (χ0n) is 17.0. The molecule has 0 fully saturated rings. The average molecular weight is 483 g/mol. The summed E-state index contributed by atoms with van der Waals surface area (Å²) in [5, 5.41) is 11.0. The minimum Gasteiger partial charge on any atom is -0.356 e. The van der Waals surface area contributed by atoms with E-state index >= 15 is 0 Å². The van der Waals surface area contributed by atoms with Gasteiger partial charge in [0.25, 0.3) is 0 Å². The molecule has 1 aromatic carbocycles. The number of aryl methyl sites for hydroxylation is 3. The second kappa shape index (κ2) is 12.8. The van der Waals surface area contributed by atoms with Crippen molar-refractivity contribution in [1.29, 1.82) is 0 Å². The number of guanidine groups is 1. The number of halogens is 1. The summed E-state index contributed by atoms with van der Waals surface area (Å²) in [6.07, 6.45) is 8.28. The first-order valence-electron chi connectivity index (χ1n) is 9.59. The Labute approximate surface area is 181 Å². The number of aliphatic imine (C=N–C) groups is 1. The van der Waals surface area contributed by atoms with Crippen LogP contribution in [0.3, 0.4) is 0 Å². The van der Waals surface area contributed by atoms with Crippen LogP contribution in [0, 0.1) is 0 Å². The first-order valence-corrected chi connectivity index (χ1v) is 9.59. The molecule has 2 N–H and O–H groups in total. The molecule has 0 aliphatic heterocycles. The van der Waals surface area contributed by atoms with Crippen LogP contribution in [0.15, 0.2) is 41.7 Å². The maximum absolute atomic E-state index is 4.29. The topological polar surface area (TPSA) is 54.2 Å². The van der Waals surface area contributed by atoms with E-state index in [-0.39, 0.29) is 24.0 Å². The van der Waals surface area contributed by atoms with Gasteiger partial charge < -0.3 is 10.6 Å². The first-order chi connectivity index (χ1) is 12.6. The minimum atomic E-state index is 0. The third-order valence-electron chi connectivity index (χ3n) is 4.50. The van der Waals surface area contributed by atoms with Crippen LogP contribution in [0.4, 0.5) is 0 Å². The van der Waals surface area contributed by atoms with Crippen molar-refractivity contribution in [2.75, 3.05) is 20.1 Å². The molecule has 0 saturated carbocycles. The van der Waals surface area contributed by atoms with Gasteiger partial charge in [-0.05, 0) is 48.3 Å². The largest absolute Gasteiger partial charge is 0.356 e. The van der Waals surface area contributed by atoms with Gasteiger partial charge in [0.1, 0.15) is 0 Å². The van der Waals surface area contributed by atoms with E-state index in [1.54, 1.807) is 0 Å². The molecule has 0 saturated heterocycles. The van der Waals surface area contributed by atoms with E-state index in [0.717, 1.165) is 44.7 Å². The molecule has 2 rings (SSSR count). The summed E-state index contributed by atoms with van der Waals surface area (Å²) < 4.78 is 1.85. The first kappa shape index (κ1) is 23.5. The highest BCUT2D eigenvalue weighted by Crippen LogP contribution is 2.15. The maximum Gasteiger partial charge on any atom is 0.190 e. The Morgan fingerprint density at radius 3 is 2.11 bits per heavy atom. The lowest BCUT2D eigenvalue weighted by atomic mass is 10.0. The van der Waals surface area contributed by atoms with Crippen LogP contribution in [0.1, 0.15) is 49.3 Å². The summed E-state index contributed by atoms with van der Waals surface area (Å²) >= 11 is 0. The van der Waals surface area contributed by atoms with Crippen LogP contribution in [0.5, 0.6) is 0 Å². The molecule has 150 valence electrons. The number of hydrogen-bond acceptors (Lipinski definition) is 2. The third kappa shape index (κ3) is 8.77. The Bertz CT molecular complexity index is 676. The van der Waals surface area contributed by atoms with Crippen molar-refractivity contribution >= 4 is 29.9 Å². The summed E-state index contributed by atoms with van der Waals surface area (Å²) in [6.45, 7) is 6.29. The van der Waals surface area contributed by atoms with Gasteiger partial charge in [-0.3, -0.25) is 9.67 Å². The van der Waals surface area contributed by atoms with Crippen LogP contribution in [0.25, 0.3) is 0 Å². The smallest absolute Gasteiger partial charge is 0.190 e. The summed E-state index contributed by atoms with van der Waals surface area (Å²) in [6, 6.07) is 8.99. The van der Waals surface area contributed by atoms with Gasteiger partial charge >= 0.3 is 0 Å². The molecule has 2 aromatic rings. The van der Waals surface area contributed by atoms with Crippen molar-refractivity contribution in [2.24, 2.45) is 12.0 Å². The summed E-state index contributed by atoms with van der Waals surface area (Å²) in [5.41, 5.74) is 4.08. The quantitative estimate of drug-likeness (QED) is 0.246. The van der Waals surface area contributed by atoms with Gasteiger partial charge in [0, 0.05) is 33.4 Å². The lowest BCUT2D eigenvalue weighted by Crippen LogP contribution is -2.38.